The van der Waals surface area contributed by atoms with Gasteiger partial charge >= 0.3 is 0 Å². The van der Waals surface area contributed by atoms with Crippen molar-refractivity contribution in [2.45, 2.75) is 23.8 Å². The molecule has 1 unspecified atom stereocenters. The third-order valence-electron chi connectivity index (χ3n) is 5.32. The fourth-order valence-corrected chi connectivity index (χ4v) is 4.75. The second kappa shape index (κ2) is 10.1. The Kier molecular flexibility index (Phi) is 7.53. The van der Waals surface area contributed by atoms with Crippen molar-refractivity contribution in [3.8, 4) is 11.5 Å². The molecule has 1 atom stereocenters. The Labute approximate surface area is 183 Å². The summed E-state index contributed by atoms with van der Waals surface area (Å²) in [4.78, 5) is 15.1. The minimum absolute atomic E-state index is 0.104. The largest absolute Gasteiger partial charge is 0.497 e. The molecule has 0 aliphatic carbocycles. The highest BCUT2D eigenvalue weighted by Gasteiger charge is 2.33. The maximum atomic E-state index is 13.2. The minimum atomic E-state index is -3.65. The molecule has 2 aromatic carbocycles. The monoisotopic (exact) mass is 448 g/mol. The number of sulfonamides is 1. The molecule has 0 aromatic heterocycles. The number of methoxy groups -OCH3 is 3. The fourth-order valence-electron chi connectivity index (χ4n) is 3.74. The van der Waals surface area contributed by atoms with Crippen LogP contribution in [-0.4, -0.2) is 60.3 Å². The first-order chi connectivity index (χ1) is 14.9. The number of nitrogens with zero attached hydrogens (tertiary/aromatic N) is 1. The molecule has 0 spiro atoms. The van der Waals surface area contributed by atoms with Crippen molar-refractivity contribution in [3.63, 3.8) is 0 Å². The lowest BCUT2D eigenvalue weighted by atomic mass is 10.0. The van der Waals surface area contributed by atoms with Crippen LogP contribution < -0.4 is 14.2 Å². The molecule has 2 aromatic rings. The van der Waals surface area contributed by atoms with E-state index in [2.05, 4.69) is 4.72 Å². The summed E-state index contributed by atoms with van der Waals surface area (Å²) in [6.07, 6.45) is 1.68. The van der Waals surface area contributed by atoms with Crippen LogP contribution in [0.3, 0.4) is 0 Å². The second-order valence-electron chi connectivity index (χ2n) is 7.18. The number of likely N-dealkylation sites (tertiary alicyclic amines) is 1. The van der Waals surface area contributed by atoms with Gasteiger partial charge in [-0.1, -0.05) is 0 Å². The van der Waals surface area contributed by atoms with Crippen LogP contribution >= 0.6 is 0 Å². The highest BCUT2D eigenvalue weighted by molar-refractivity contribution is 7.89. The number of hydrogen-bond donors (Lipinski definition) is 1. The van der Waals surface area contributed by atoms with E-state index in [0.29, 0.717) is 23.6 Å². The van der Waals surface area contributed by atoms with Gasteiger partial charge in [0.1, 0.15) is 11.5 Å². The lowest BCUT2D eigenvalue weighted by Gasteiger charge is -2.27. The number of nitrogens with one attached hydrogen (secondary N) is 1. The van der Waals surface area contributed by atoms with Crippen LogP contribution in [0.25, 0.3) is 0 Å². The smallest absolute Gasteiger partial charge is 0.254 e. The van der Waals surface area contributed by atoms with Gasteiger partial charge in [0.15, 0.2) is 0 Å². The van der Waals surface area contributed by atoms with Gasteiger partial charge in [-0.05, 0) is 55.3 Å². The topological polar surface area (TPSA) is 94.2 Å². The van der Waals surface area contributed by atoms with Crippen molar-refractivity contribution in [3.05, 3.63) is 53.6 Å². The molecular formula is C22H28N2O6S. The van der Waals surface area contributed by atoms with Gasteiger partial charge in [-0.15, -0.1) is 0 Å². The van der Waals surface area contributed by atoms with Gasteiger partial charge in [-0.2, -0.15) is 0 Å². The van der Waals surface area contributed by atoms with E-state index >= 15 is 0 Å². The molecule has 1 amide bonds. The van der Waals surface area contributed by atoms with Gasteiger partial charge in [0, 0.05) is 31.3 Å². The molecule has 1 saturated heterocycles. The van der Waals surface area contributed by atoms with Crippen LogP contribution in [0.1, 0.15) is 34.8 Å². The molecule has 1 fully saturated rings. The van der Waals surface area contributed by atoms with Crippen LogP contribution in [0.5, 0.6) is 11.5 Å². The minimum Gasteiger partial charge on any atom is -0.497 e. The van der Waals surface area contributed by atoms with Gasteiger partial charge in [0.05, 0.1) is 31.8 Å². The lowest BCUT2D eigenvalue weighted by molar-refractivity contribution is 0.0734. The quantitative estimate of drug-likeness (QED) is 0.593. The first kappa shape index (κ1) is 23.1. The van der Waals surface area contributed by atoms with Crippen LogP contribution in [0.4, 0.5) is 0 Å². The molecule has 9 heteroatoms. The summed E-state index contributed by atoms with van der Waals surface area (Å²) in [7, 11) is 1.06. The summed E-state index contributed by atoms with van der Waals surface area (Å²) in [5.74, 6) is 1.25. The highest BCUT2D eigenvalue weighted by Crippen LogP contribution is 2.39. The van der Waals surface area contributed by atoms with Crippen LogP contribution in [0.2, 0.25) is 0 Å². The highest BCUT2D eigenvalue weighted by atomic mass is 32.2. The van der Waals surface area contributed by atoms with E-state index in [1.165, 1.54) is 19.2 Å². The standard InChI is InChI=1S/C22H28N2O6S/c1-28-14-12-23-31(26,27)18-9-6-16(7-10-18)22(25)24-13-4-5-20(24)19-15-17(29-2)8-11-21(19)30-3/h6-11,15,20,23H,4-5,12-14H2,1-3H3. The molecule has 168 valence electrons. The molecule has 31 heavy (non-hydrogen) atoms. The Morgan fingerprint density at radius 3 is 2.48 bits per heavy atom. The Hall–Kier alpha value is -2.62. The molecule has 1 aliphatic rings. The number of ether oxygens (including phenoxy) is 3. The van der Waals surface area contributed by atoms with Crippen molar-refractivity contribution in [1.29, 1.82) is 0 Å². The molecule has 1 heterocycles. The zero-order valence-electron chi connectivity index (χ0n) is 18.0. The van der Waals surface area contributed by atoms with Gasteiger partial charge < -0.3 is 19.1 Å². The van der Waals surface area contributed by atoms with E-state index in [-0.39, 0.29) is 30.0 Å². The summed E-state index contributed by atoms with van der Waals surface area (Å²) >= 11 is 0. The third kappa shape index (κ3) is 5.17. The summed E-state index contributed by atoms with van der Waals surface area (Å²) in [6.45, 7) is 1.07. The first-order valence-corrected chi connectivity index (χ1v) is 11.5. The van der Waals surface area contributed by atoms with E-state index < -0.39 is 10.0 Å². The summed E-state index contributed by atoms with van der Waals surface area (Å²) in [6, 6.07) is 11.4. The number of carbonyl (C=O) groups excluding carboxylic acids is 1. The average Bonchev–Trinajstić information content (AvgIpc) is 3.28. The van der Waals surface area contributed by atoms with E-state index in [1.54, 1.807) is 31.3 Å². The predicted molar refractivity (Wildman–Crippen MR) is 116 cm³/mol. The normalized spacial score (nSPS) is 16.4. The fraction of sp³-hybridized carbons (Fsp3) is 0.409. The number of carbonyl (C=O) groups is 1. The van der Waals surface area contributed by atoms with Crippen LogP contribution in [-0.2, 0) is 14.8 Å². The van der Waals surface area contributed by atoms with Crippen LogP contribution in [0.15, 0.2) is 47.4 Å². The molecule has 1 aliphatic heterocycles. The summed E-state index contributed by atoms with van der Waals surface area (Å²) < 4.78 is 42.8. The lowest BCUT2D eigenvalue weighted by Crippen LogP contribution is -2.31. The van der Waals surface area contributed by atoms with E-state index in [4.69, 9.17) is 14.2 Å². The molecule has 3 rings (SSSR count). The number of hydrogen-bond acceptors (Lipinski definition) is 6. The van der Waals surface area contributed by atoms with Gasteiger partial charge in [0.25, 0.3) is 5.91 Å². The van der Waals surface area contributed by atoms with Gasteiger partial charge in [0.2, 0.25) is 10.0 Å². The Morgan fingerprint density at radius 1 is 1.10 bits per heavy atom. The number of rotatable bonds is 9. The zero-order chi connectivity index (χ0) is 22.4. The van der Waals surface area contributed by atoms with Crippen molar-refractivity contribution in [2.75, 3.05) is 41.0 Å². The van der Waals surface area contributed by atoms with Gasteiger partial charge in [-0.3, -0.25) is 4.79 Å². The molecule has 0 radical (unpaired) electrons. The maximum Gasteiger partial charge on any atom is 0.254 e. The molecule has 0 bridgehead atoms. The maximum absolute atomic E-state index is 13.2. The van der Waals surface area contributed by atoms with E-state index in [0.717, 1.165) is 18.4 Å². The Balaban J connectivity index is 1.81. The molecule has 0 saturated carbocycles. The molecule has 8 nitrogen and oxygen atoms in total. The van der Waals surface area contributed by atoms with Crippen molar-refractivity contribution in [2.24, 2.45) is 0 Å². The summed E-state index contributed by atoms with van der Waals surface area (Å²) in [5.41, 5.74) is 1.33. The molecular weight excluding hydrogens is 420 g/mol. The van der Waals surface area contributed by atoms with E-state index in [9.17, 15) is 13.2 Å². The Bertz CT molecular complexity index is 1010. The SMILES string of the molecule is COCCNS(=O)(=O)c1ccc(C(=O)N2CCCC2c2cc(OC)ccc2OC)cc1. The van der Waals surface area contributed by atoms with Crippen molar-refractivity contribution >= 4 is 15.9 Å². The van der Waals surface area contributed by atoms with Crippen molar-refractivity contribution in [1.82, 2.24) is 9.62 Å². The second-order valence-corrected chi connectivity index (χ2v) is 8.95. The number of benzene rings is 2. The summed E-state index contributed by atoms with van der Waals surface area (Å²) in [5, 5.41) is 0. The zero-order valence-corrected chi connectivity index (χ0v) is 18.8. The van der Waals surface area contributed by atoms with Crippen molar-refractivity contribution < 1.29 is 27.4 Å². The number of amides is 1. The average molecular weight is 449 g/mol. The molecule has 1 N–H and O–H groups in total. The first-order valence-electron chi connectivity index (χ1n) is 10.0. The third-order valence-corrected chi connectivity index (χ3v) is 6.80. The van der Waals surface area contributed by atoms with Crippen LogP contribution in [0, 0.1) is 0 Å². The predicted octanol–water partition coefficient (Wildman–Crippen LogP) is 2.61. The Morgan fingerprint density at radius 2 is 1.84 bits per heavy atom. The van der Waals surface area contributed by atoms with E-state index in [1.807, 2.05) is 18.2 Å². The van der Waals surface area contributed by atoms with Gasteiger partial charge in [-0.25, -0.2) is 13.1 Å².